The van der Waals surface area contributed by atoms with Crippen molar-refractivity contribution in [3.05, 3.63) is 33.4 Å². The highest BCUT2D eigenvalue weighted by Crippen LogP contribution is 2.27. The minimum absolute atomic E-state index is 0.180. The highest BCUT2D eigenvalue weighted by Gasteiger charge is 2.14. The smallest absolute Gasteiger partial charge is 0.274 e. The molecule has 0 saturated heterocycles. The van der Waals surface area contributed by atoms with E-state index in [-0.39, 0.29) is 10.6 Å². The van der Waals surface area contributed by atoms with Crippen molar-refractivity contribution >= 4 is 11.4 Å². The lowest BCUT2D eigenvalue weighted by atomic mass is 10.1. The molecule has 0 saturated carbocycles. The van der Waals surface area contributed by atoms with Crippen molar-refractivity contribution in [1.29, 1.82) is 0 Å². The average Bonchev–Trinajstić information content (AvgIpc) is 2.02. The second kappa shape index (κ2) is 3.65. The van der Waals surface area contributed by atoms with Crippen LogP contribution in [0, 0.1) is 24.0 Å². The standard InChI is InChI=1S/C10H14N2O2/c1-7-5-8(2)10(12(13)14)6-9(7)11(3)4/h5-6H,1-4H3. The summed E-state index contributed by atoms with van der Waals surface area (Å²) in [4.78, 5) is 12.2. The molecule has 0 aliphatic heterocycles. The first-order chi connectivity index (χ1) is 6.43. The molecule has 0 aliphatic rings. The van der Waals surface area contributed by atoms with E-state index in [0.29, 0.717) is 5.56 Å². The van der Waals surface area contributed by atoms with Gasteiger partial charge >= 0.3 is 0 Å². The molecule has 0 bridgehead atoms. The zero-order chi connectivity index (χ0) is 10.9. The summed E-state index contributed by atoms with van der Waals surface area (Å²) in [5, 5.41) is 10.7. The Kier molecular flexibility index (Phi) is 2.74. The summed E-state index contributed by atoms with van der Waals surface area (Å²) < 4.78 is 0. The van der Waals surface area contributed by atoms with Crippen LogP contribution in [0.15, 0.2) is 12.1 Å². The first kappa shape index (κ1) is 10.5. The summed E-state index contributed by atoms with van der Waals surface area (Å²) >= 11 is 0. The van der Waals surface area contributed by atoms with Crippen LogP contribution in [0.1, 0.15) is 11.1 Å². The van der Waals surface area contributed by atoms with Gasteiger partial charge in [0.15, 0.2) is 0 Å². The molecule has 0 spiro atoms. The van der Waals surface area contributed by atoms with Crippen LogP contribution in [0.5, 0.6) is 0 Å². The topological polar surface area (TPSA) is 46.4 Å². The highest BCUT2D eigenvalue weighted by molar-refractivity contribution is 5.60. The van der Waals surface area contributed by atoms with Crippen LogP contribution in [0.3, 0.4) is 0 Å². The van der Waals surface area contributed by atoms with Crippen LogP contribution in [0.2, 0.25) is 0 Å². The molecule has 4 nitrogen and oxygen atoms in total. The Morgan fingerprint density at radius 2 is 1.79 bits per heavy atom. The monoisotopic (exact) mass is 194 g/mol. The predicted octanol–water partition coefficient (Wildman–Crippen LogP) is 2.28. The van der Waals surface area contributed by atoms with Crippen molar-refractivity contribution in [3.63, 3.8) is 0 Å². The van der Waals surface area contributed by atoms with E-state index in [1.165, 1.54) is 0 Å². The number of hydrogen-bond acceptors (Lipinski definition) is 3. The normalized spacial score (nSPS) is 10.0. The molecule has 1 aromatic rings. The minimum atomic E-state index is -0.345. The molecule has 4 heteroatoms. The van der Waals surface area contributed by atoms with Crippen molar-refractivity contribution in [3.8, 4) is 0 Å². The second-order valence-corrected chi connectivity index (χ2v) is 3.58. The molecular weight excluding hydrogens is 180 g/mol. The van der Waals surface area contributed by atoms with Crippen LogP contribution < -0.4 is 4.90 Å². The molecule has 1 rings (SSSR count). The van der Waals surface area contributed by atoms with Gasteiger partial charge < -0.3 is 4.90 Å². The molecule has 0 atom stereocenters. The summed E-state index contributed by atoms with van der Waals surface area (Å²) in [6.45, 7) is 3.70. The average molecular weight is 194 g/mol. The van der Waals surface area contributed by atoms with Gasteiger partial charge in [-0.25, -0.2) is 0 Å². The van der Waals surface area contributed by atoms with E-state index in [2.05, 4.69) is 0 Å². The van der Waals surface area contributed by atoms with E-state index in [0.717, 1.165) is 11.3 Å². The Bertz CT molecular complexity index is 373. The number of hydrogen-bond donors (Lipinski definition) is 0. The third-order valence-electron chi connectivity index (χ3n) is 2.19. The van der Waals surface area contributed by atoms with Gasteiger partial charge in [-0.2, -0.15) is 0 Å². The predicted molar refractivity (Wildman–Crippen MR) is 56.9 cm³/mol. The van der Waals surface area contributed by atoms with Crippen molar-refractivity contribution in [2.24, 2.45) is 0 Å². The molecule has 0 fully saturated rings. The number of nitrogens with zero attached hydrogens (tertiary/aromatic N) is 2. The fourth-order valence-electron chi connectivity index (χ4n) is 1.51. The van der Waals surface area contributed by atoms with Gasteiger partial charge in [0, 0.05) is 31.4 Å². The number of anilines is 1. The molecule has 0 unspecified atom stereocenters. The molecule has 0 amide bonds. The van der Waals surface area contributed by atoms with Gasteiger partial charge in [-0.1, -0.05) is 0 Å². The van der Waals surface area contributed by atoms with E-state index >= 15 is 0 Å². The SMILES string of the molecule is Cc1cc(C)c([N+](=O)[O-])cc1N(C)C. The second-order valence-electron chi connectivity index (χ2n) is 3.58. The molecule has 0 aromatic heterocycles. The minimum Gasteiger partial charge on any atom is -0.377 e. The van der Waals surface area contributed by atoms with Gasteiger partial charge in [0.1, 0.15) is 0 Å². The number of aryl methyl sites for hydroxylation is 2. The Balaban J connectivity index is 3.34. The summed E-state index contributed by atoms with van der Waals surface area (Å²) in [7, 11) is 3.75. The molecule has 1 aromatic carbocycles. The molecule has 0 aliphatic carbocycles. The van der Waals surface area contributed by atoms with E-state index in [9.17, 15) is 10.1 Å². The van der Waals surface area contributed by atoms with Gasteiger partial charge in [-0.15, -0.1) is 0 Å². The molecule has 76 valence electrons. The maximum atomic E-state index is 10.7. The van der Waals surface area contributed by atoms with Gasteiger partial charge in [-0.3, -0.25) is 10.1 Å². The summed E-state index contributed by atoms with van der Waals surface area (Å²) in [5.74, 6) is 0. The Morgan fingerprint density at radius 3 is 2.21 bits per heavy atom. The number of nitro benzene ring substituents is 1. The van der Waals surface area contributed by atoms with E-state index in [1.54, 1.807) is 13.0 Å². The van der Waals surface area contributed by atoms with Gasteiger partial charge in [0.2, 0.25) is 0 Å². The lowest BCUT2D eigenvalue weighted by Gasteiger charge is -2.15. The van der Waals surface area contributed by atoms with Crippen molar-refractivity contribution in [2.75, 3.05) is 19.0 Å². The first-order valence-electron chi connectivity index (χ1n) is 4.36. The number of rotatable bonds is 2. The Labute approximate surface area is 83.3 Å². The van der Waals surface area contributed by atoms with E-state index in [4.69, 9.17) is 0 Å². The van der Waals surface area contributed by atoms with E-state index < -0.39 is 0 Å². The molecule has 0 N–H and O–H groups in total. The third kappa shape index (κ3) is 1.84. The Hall–Kier alpha value is -1.58. The molecular formula is C10H14N2O2. The third-order valence-corrected chi connectivity index (χ3v) is 2.19. The van der Waals surface area contributed by atoms with Crippen molar-refractivity contribution in [2.45, 2.75) is 13.8 Å². The fourth-order valence-corrected chi connectivity index (χ4v) is 1.51. The number of benzene rings is 1. The van der Waals surface area contributed by atoms with Gasteiger partial charge in [0.25, 0.3) is 5.69 Å². The summed E-state index contributed by atoms with van der Waals surface area (Å²) in [6.07, 6.45) is 0. The van der Waals surface area contributed by atoms with Crippen LogP contribution in [-0.4, -0.2) is 19.0 Å². The largest absolute Gasteiger partial charge is 0.377 e. The maximum Gasteiger partial charge on any atom is 0.274 e. The van der Waals surface area contributed by atoms with Crippen LogP contribution in [-0.2, 0) is 0 Å². The summed E-state index contributed by atoms with van der Waals surface area (Å²) in [6, 6.07) is 3.46. The number of nitro groups is 1. The fraction of sp³-hybridized carbons (Fsp3) is 0.400. The first-order valence-corrected chi connectivity index (χ1v) is 4.36. The highest BCUT2D eigenvalue weighted by atomic mass is 16.6. The zero-order valence-electron chi connectivity index (χ0n) is 8.87. The van der Waals surface area contributed by atoms with Crippen molar-refractivity contribution < 1.29 is 4.92 Å². The van der Waals surface area contributed by atoms with Crippen LogP contribution in [0.25, 0.3) is 0 Å². The Morgan fingerprint density at radius 1 is 1.21 bits per heavy atom. The van der Waals surface area contributed by atoms with Gasteiger partial charge in [-0.05, 0) is 25.5 Å². The molecule has 14 heavy (non-hydrogen) atoms. The van der Waals surface area contributed by atoms with Crippen molar-refractivity contribution in [1.82, 2.24) is 0 Å². The lowest BCUT2D eigenvalue weighted by molar-refractivity contribution is -0.385. The molecule has 0 radical (unpaired) electrons. The van der Waals surface area contributed by atoms with Crippen LogP contribution in [0.4, 0.5) is 11.4 Å². The maximum absolute atomic E-state index is 10.7. The summed E-state index contributed by atoms with van der Waals surface area (Å²) in [5.41, 5.74) is 2.83. The zero-order valence-corrected chi connectivity index (χ0v) is 8.87. The lowest BCUT2D eigenvalue weighted by Crippen LogP contribution is -2.11. The molecule has 0 heterocycles. The van der Waals surface area contributed by atoms with Crippen LogP contribution >= 0.6 is 0 Å². The van der Waals surface area contributed by atoms with E-state index in [1.807, 2.05) is 32.0 Å². The quantitative estimate of drug-likeness (QED) is 0.536. The van der Waals surface area contributed by atoms with Gasteiger partial charge in [0.05, 0.1) is 4.92 Å².